The Morgan fingerprint density at radius 2 is 1.89 bits per heavy atom. The summed E-state index contributed by atoms with van der Waals surface area (Å²) in [6.45, 7) is 3.69. The monoisotopic (exact) mass is 245 g/mol. The van der Waals surface area contributed by atoms with Crippen LogP contribution in [0.4, 0.5) is 5.69 Å². The molecule has 0 amide bonds. The van der Waals surface area contributed by atoms with Crippen LogP contribution < -0.4 is 5.32 Å². The molecule has 0 heterocycles. The lowest BCUT2D eigenvalue weighted by molar-refractivity contribution is -0.136. The topological polar surface area (TPSA) is 38.3 Å². The predicted molar refractivity (Wildman–Crippen MR) is 75.4 cm³/mol. The number of hydrogen-bond acceptors (Lipinski definition) is 3. The molecule has 0 unspecified atom stereocenters. The number of methoxy groups -OCH3 is 1. The van der Waals surface area contributed by atoms with Crippen molar-refractivity contribution in [2.24, 2.45) is 0 Å². The van der Waals surface area contributed by atoms with Gasteiger partial charge < -0.3 is 10.1 Å². The minimum atomic E-state index is -0.304. The number of ether oxygens (including phenoxy) is 1. The van der Waals surface area contributed by atoms with Gasteiger partial charge in [0.05, 0.1) is 7.11 Å². The molecule has 0 radical (unpaired) electrons. The normalized spacial score (nSPS) is 12.2. The van der Waals surface area contributed by atoms with Crippen molar-refractivity contribution in [2.45, 2.75) is 13.8 Å². The van der Waals surface area contributed by atoms with Crippen molar-refractivity contribution < 1.29 is 9.53 Å². The molecule has 0 spiro atoms. The molecule has 1 N–H and O–H groups in total. The van der Waals surface area contributed by atoms with Crippen LogP contribution in [0.2, 0.25) is 0 Å². The van der Waals surface area contributed by atoms with Crippen LogP contribution in [0.15, 0.2) is 42.0 Å². The standard InChI is InChI=1S/C15H19NO2/c1-5-12(10-11(2)15(17)18-4)13-6-8-14(16-3)9-7-13/h5-10,16H,1-4H3/b11-10+,12-5+. The Morgan fingerprint density at radius 1 is 1.28 bits per heavy atom. The van der Waals surface area contributed by atoms with Gasteiger partial charge in [0.25, 0.3) is 0 Å². The van der Waals surface area contributed by atoms with Gasteiger partial charge in [0, 0.05) is 18.3 Å². The Hall–Kier alpha value is -2.03. The molecule has 0 aliphatic carbocycles. The van der Waals surface area contributed by atoms with Crippen LogP contribution in [0, 0.1) is 0 Å². The van der Waals surface area contributed by atoms with Gasteiger partial charge in [-0.3, -0.25) is 0 Å². The van der Waals surface area contributed by atoms with E-state index in [-0.39, 0.29) is 5.97 Å². The number of anilines is 1. The summed E-state index contributed by atoms with van der Waals surface area (Å²) in [6, 6.07) is 8.03. The molecule has 18 heavy (non-hydrogen) atoms. The minimum absolute atomic E-state index is 0.304. The molecule has 0 saturated carbocycles. The highest BCUT2D eigenvalue weighted by Crippen LogP contribution is 2.20. The van der Waals surface area contributed by atoms with Gasteiger partial charge in [-0.2, -0.15) is 0 Å². The van der Waals surface area contributed by atoms with E-state index >= 15 is 0 Å². The molecule has 1 aromatic rings. The lowest BCUT2D eigenvalue weighted by Crippen LogP contribution is -2.01. The Bertz CT molecular complexity index is 470. The Labute approximate surface area is 108 Å². The van der Waals surface area contributed by atoms with Gasteiger partial charge in [0.2, 0.25) is 0 Å². The fraction of sp³-hybridized carbons (Fsp3) is 0.267. The second-order valence-corrected chi connectivity index (χ2v) is 3.89. The Balaban J connectivity index is 3.00. The van der Waals surface area contributed by atoms with Crippen LogP contribution >= 0.6 is 0 Å². The fourth-order valence-electron chi connectivity index (χ4n) is 1.62. The maximum atomic E-state index is 11.4. The first-order valence-corrected chi connectivity index (χ1v) is 5.83. The summed E-state index contributed by atoms with van der Waals surface area (Å²) < 4.78 is 4.69. The Kier molecular flexibility index (Phi) is 5.18. The zero-order valence-corrected chi connectivity index (χ0v) is 11.3. The molecule has 0 fully saturated rings. The molecular weight excluding hydrogens is 226 g/mol. The van der Waals surface area contributed by atoms with Crippen LogP contribution in [0.5, 0.6) is 0 Å². The van der Waals surface area contributed by atoms with Crippen molar-refractivity contribution in [3.05, 3.63) is 47.6 Å². The van der Waals surface area contributed by atoms with Gasteiger partial charge >= 0.3 is 5.97 Å². The third-order valence-corrected chi connectivity index (χ3v) is 2.70. The quantitative estimate of drug-likeness (QED) is 0.502. The van der Waals surface area contributed by atoms with Crippen LogP contribution in [0.25, 0.3) is 5.57 Å². The lowest BCUT2D eigenvalue weighted by Gasteiger charge is -2.06. The summed E-state index contributed by atoms with van der Waals surface area (Å²) in [7, 11) is 3.27. The van der Waals surface area contributed by atoms with Crippen molar-refractivity contribution in [1.82, 2.24) is 0 Å². The second kappa shape index (κ2) is 6.64. The molecule has 96 valence electrons. The maximum Gasteiger partial charge on any atom is 0.333 e. The third-order valence-electron chi connectivity index (χ3n) is 2.70. The number of benzene rings is 1. The summed E-state index contributed by atoms with van der Waals surface area (Å²) in [5.41, 5.74) is 3.71. The van der Waals surface area contributed by atoms with Crippen LogP contribution in [-0.2, 0) is 9.53 Å². The van der Waals surface area contributed by atoms with Crippen molar-refractivity contribution in [3.8, 4) is 0 Å². The molecule has 0 saturated heterocycles. The smallest absolute Gasteiger partial charge is 0.333 e. The molecule has 0 atom stereocenters. The maximum absolute atomic E-state index is 11.4. The molecule has 1 aromatic carbocycles. The molecular formula is C15H19NO2. The number of carbonyl (C=O) groups excluding carboxylic acids is 1. The SMILES string of the molecule is C/C=C(\C=C(/C)C(=O)OC)c1ccc(NC)cc1. The van der Waals surface area contributed by atoms with Crippen LogP contribution in [0.1, 0.15) is 19.4 Å². The molecule has 1 rings (SSSR count). The summed E-state index contributed by atoms with van der Waals surface area (Å²) in [5, 5.41) is 3.07. The predicted octanol–water partition coefficient (Wildman–Crippen LogP) is 3.25. The van der Waals surface area contributed by atoms with Crippen molar-refractivity contribution in [1.29, 1.82) is 0 Å². The van der Waals surface area contributed by atoms with E-state index in [9.17, 15) is 4.79 Å². The van der Waals surface area contributed by atoms with Gasteiger partial charge in [-0.1, -0.05) is 18.2 Å². The first-order chi connectivity index (χ1) is 8.62. The van der Waals surface area contributed by atoms with Crippen LogP contribution in [0.3, 0.4) is 0 Å². The molecule has 0 aromatic heterocycles. The fourth-order valence-corrected chi connectivity index (χ4v) is 1.62. The summed E-state index contributed by atoms with van der Waals surface area (Å²) in [4.78, 5) is 11.4. The average Bonchev–Trinajstić information content (AvgIpc) is 2.43. The second-order valence-electron chi connectivity index (χ2n) is 3.89. The van der Waals surface area contributed by atoms with Gasteiger partial charge in [0.15, 0.2) is 0 Å². The van der Waals surface area contributed by atoms with Gasteiger partial charge in [-0.05, 0) is 43.2 Å². The van der Waals surface area contributed by atoms with E-state index in [1.165, 1.54) is 7.11 Å². The largest absolute Gasteiger partial charge is 0.466 e. The molecule has 0 aliphatic heterocycles. The first kappa shape index (κ1) is 14.0. The minimum Gasteiger partial charge on any atom is -0.466 e. The number of esters is 1. The van der Waals surface area contributed by atoms with Gasteiger partial charge in [-0.25, -0.2) is 4.79 Å². The molecule has 3 heteroatoms. The highest BCUT2D eigenvalue weighted by molar-refractivity contribution is 5.92. The van der Waals surface area contributed by atoms with Crippen LogP contribution in [-0.4, -0.2) is 20.1 Å². The number of hydrogen-bond donors (Lipinski definition) is 1. The third kappa shape index (κ3) is 3.48. The van der Waals surface area contributed by atoms with Crippen molar-refractivity contribution in [2.75, 3.05) is 19.5 Å². The van der Waals surface area contributed by atoms with E-state index in [1.54, 1.807) is 6.92 Å². The zero-order valence-electron chi connectivity index (χ0n) is 11.3. The summed E-state index contributed by atoms with van der Waals surface area (Å²) in [6.07, 6.45) is 3.81. The summed E-state index contributed by atoms with van der Waals surface area (Å²) >= 11 is 0. The van der Waals surface area contributed by atoms with E-state index in [0.29, 0.717) is 5.57 Å². The highest BCUT2D eigenvalue weighted by atomic mass is 16.5. The van der Waals surface area contributed by atoms with E-state index in [4.69, 9.17) is 0 Å². The molecule has 0 aliphatic rings. The molecule has 0 bridgehead atoms. The van der Waals surface area contributed by atoms with Crippen molar-refractivity contribution >= 4 is 17.2 Å². The first-order valence-electron chi connectivity index (χ1n) is 5.83. The van der Waals surface area contributed by atoms with E-state index in [1.807, 2.05) is 50.4 Å². The number of allylic oxidation sites excluding steroid dienone is 3. The lowest BCUT2D eigenvalue weighted by atomic mass is 10.0. The molecule has 3 nitrogen and oxygen atoms in total. The number of carbonyl (C=O) groups is 1. The van der Waals surface area contributed by atoms with E-state index in [0.717, 1.165) is 16.8 Å². The van der Waals surface area contributed by atoms with Gasteiger partial charge in [-0.15, -0.1) is 0 Å². The van der Waals surface area contributed by atoms with Crippen molar-refractivity contribution in [3.63, 3.8) is 0 Å². The average molecular weight is 245 g/mol. The Morgan fingerprint density at radius 3 is 2.33 bits per heavy atom. The van der Waals surface area contributed by atoms with E-state index in [2.05, 4.69) is 10.1 Å². The highest BCUT2D eigenvalue weighted by Gasteiger charge is 2.05. The number of nitrogens with one attached hydrogen (secondary N) is 1. The zero-order chi connectivity index (χ0) is 13.5. The van der Waals surface area contributed by atoms with E-state index < -0.39 is 0 Å². The summed E-state index contributed by atoms with van der Waals surface area (Å²) in [5.74, 6) is -0.304. The number of rotatable bonds is 4. The van der Waals surface area contributed by atoms with Gasteiger partial charge in [0.1, 0.15) is 0 Å².